The van der Waals surface area contributed by atoms with Gasteiger partial charge in [0.25, 0.3) is 0 Å². The number of hydrogen-bond acceptors (Lipinski definition) is 6. The lowest BCUT2D eigenvalue weighted by atomic mass is 9.89. The number of hydrogen-bond donors (Lipinski definition) is 2. The highest BCUT2D eigenvalue weighted by Gasteiger charge is 2.39. The van der Waals surface area contributed by atoms with Crippen LogP contribution < -0.4 is 0 Å². The van der Waals surface area contributed by atoms with Crippen LogP contribution in [-0.4, -0.2) is 46.6 Å². The van der Waals surface area contributed by atoms with Crippen LogP contribution in [0.25, 0.3) is 0 Å². The summed E-state index contributed by atoms with van der Waals surface area (Å²) in [5, 5.41) is 18.9. The van der Waals surface area contributed by atoms with Gasteiger partial charge in [-0.25, -0.2) is 0 Å². The fourth-order valence-corrected chi connectivity index (χ4v) is 1.77. The van der Waals surface area contributed by atoms with Gasteiger partial charge in [-0.2, -0.15) is 0 Å². The Morgan fingerprint density at radius 3 is 1.50 bits per heavy atom. The standard InChI is InChI=1S/C10H16O6/c1-5(11)15-9-3-7(13)8(14)4-10(9)16-6(2)12/h7-10,13-14H,3-4H2,1-2H3/t7-,8-,9-,10-/m0/s1. The van der Waals surface area contributed by atoms with E-state index in [1.807, 2.05) is 0 Å². The van der Waals surface area contributed by atoms with Crippen molar-refractivity contribution in [1.82, 2.24) is 0 Å². The number of aliphatic hydroxyl groups excluding tert-OH is 2. The molecular formula is C10H16O6. The Morgan fingerprint density at radius 2 is 1.25 bits per heavy atom. The zero-order valence-corrected chi connectivity index (χ0v) is 9.25. The summed E-state index contributed by atoms with van der Waals surface area (Å²) in [6.45, 7) is 2.48. The summed E-state index contributed by atoms with van der Waals surface area (Å²) in [7, 11) is 0. The molecule has 0 heterocycles. The predicted molar refractivity (Wildman–Crippen MR) is 52.4 cm³/mol. The van der Waals surface area contributed by atoms with Crippen molar-refractivity contribution in [2.45, 2.75) is 51.1 Å². The molecule has 1 aliphatic carbocycles. The van der Waals surface area contributed by atoms with Crippen molar-refractivity contribution in [2.75, 3.05) is 0 Å². The van der Waals surface area contributed by atoms with Gasteiger partial charge in [-0.05, 0) is 0 Å². The molecule has 0 aromatic heterocycles. The van der Waals surface area contributed by atoms with E-state index in [1.165, 1.54) is 13.8 Å². The topological polar surface area (TPSA) is 93.1 Å². The Labute approximate surface area is 93.2 Å². The molecule has 4 atom stereocenters. The van der Waals surface area contributed by atoms with Crippen LogP contribution in [0.15, 0.2) is 0 Å². The van der Waals surface area contributed by atoms with Crippen LogP contribution in [0, 0.1) is 0 Å². The van der Waals surface area contributed by atoms with Crippen LogP contribution in [0.2, 0.25) is 0 Å². The van der Waals surface area contributed by atoms with Gasteiger partial charge in [-0.1, -0.05) is 0 Å². The number of rotatable bonds is 2. The molecule has 0 unspecified atom stereocenters. The van der Waals surface area contributed by atoms with Gasteiger partial charge in [-0.15, -0.1) is 0 Å². The molecule has 0 aromatic rings. The van der Waals surface area contributed by atoms with Gasteiger partial charge in [0.1, 0.15) is 12.2 Å². The van der Waals surface area contributed by atoms with Crippen molar-refractivity contribution in [3.05, 3.63) is 0 Å². The Hall–Kier alpha value is -1.14. The van der Waals surface area contributed by atoms with Crippen molar-refractivity contribution < 1.29 is 29.3 Å². The molecule has 0 saturated heterocycles. The third kappa shape index (κ3) is 3.46. The average Bonchev–Trinajstić information content (AvgIpc) is 2.11. The number of esters is 2. The SMILES string of the molecule is CC(=O)O[C@H]1C[C@H](O)[C@@H](O)C[C@@H]1OC(C)=O. The molecule has 1 saturated carbocycles. The lowest BCUT2D eigenvalue weighted by Crippen LogP contribution is -2.48. The summed E-state index contributed by atoms with van der Waals surface area (Å²) in [5.74, 6) is -1.02. The minimum atomic E-state index is -0.962. The van der Waals surface area contributed by atoms with E-state index in [2.05, 4.69) is 0 Å². The van der Waals surface area contributed by atoms with Crippen molar-refractivity contribution >= 4 is 11.9 Å². The van der Waals surface area contributed by atoms with Crippen molar-refractivity contribution in [3.63, 3.8) is 0 Å². The average molecular weight is 232 g/mol. The number of carbonyl (C=O) groups is 2. The second-order valence-corrected chi connectivity index (χ2v) is 3.90. The first-order valence-corrected chi connectivity index (χ1v) is 5.10. The van der Waals surface area contributed by atoms with Crippen molar-refractivity contribution in [3.8, 4) is 0 Å². The zero-order chi connectivity index (χ0) is 12.3. The van der Waals surface area contributed by atoms with E-state index in [4.69, 9.17) is 9.47 Å². The third-order valence-electron chi connectivity index (χ3n) is 2.44. The van der Waals surface area contributed by atoms with Crippen molar-refractivity contribution in [2.24, 2.45) is 0 Å². The van der Waals surface area contributed by atoms with E-state index in [9.17, 15) is 19.8 Å². The molecule has 1 rings (SSSR count). The largest absolute Gasteiger partial charge is 0.459 e. The third-order valence-corrected chi connectivity index (χ3v) is 2.44. The van der Waals surface area contributed by atoms with Crippen LogP contribution in [0.4, 0.5) is 0 Å². The second-order valence-electron chi connectivity index (χ2n) is 3.90. The van der Waals surface area contributed by atoms with Crippen LogP contribution in [0.3, 0.4) is 0 Å². The summed E-state index contributed by atoms with van der Waals surface area (Å²) >= 11 is 0. The molecule has 0 aromatic carbocycles. The molecule has 6 heteroatoms. The quantitative estimate of drug-likeness (QED) is 0.615. The lowest BCUT2D eigenvalue weighted by Gasteiger charge is -2.35. The Balaban J connectivity index is 2.66. The minimum Gasteiger partial charge on any atom is -0.459 e. The van der Waals surface area contributed by atoms with Gasteiger partial charge >= 0.3 is 11.9 Å². The van der Waals surface area contributed by atoms with E-state index in [0.717, 1.165) is 0 Å². The molecule has 92 valence electrons. The highest BCUT2D eigenvalue weighted by atomic mass is 16.6. The summed E-state index contributed by atoms with van der Waals surface area (Å²) in [6.07, 6.45) is -3.18. The first-order chi connectivity index (χ1) is 7.40. The van der Waals surface area contributed by atoms with E-state index in [-0.39, 0.29) is 12.8 Å². The lowest BCUT2D eigenvalue weighted by molar-refractivity contribution is -0.181. The van der Waals surface area contributed by atoms with Gasteiger partial charge in [0, 0.05) is 26.7 Å². The van der Waals surface area contributed by atoms with Gasteiger partial charge in [0.2, 0.25) is 0 Å². The zero-order valence-electron chi connectivity index (χ0n) is 9.25. The van der Waals surface area contributed by atoms with E-state index < -0.39 is 36.4 Å². The molecule has 0 aliphatic heterocycles. The van der Waals surface area contributed by atoms with E-state index in [1.54, 1.807) is 0 Å². The minimum absolute atomic E-state index is 0.0681. The maximum absolute atomic E-state index is 10.8. The summed E-state index contributed by atoms with van der Waals surface area (Å²) in [5.41, 5.74) is 0. The van der Waals surface area contributed by atoms with E-state index >= 15 is 0 Å². The first kappa shape index (κ1) is 12.9. The number of ether oxygens (including phenoxy) is 2. The molecule has 1 aliphatic rings. The van der Waals surface area contributed by atoms with Crippen molar-refractivity contribution in [1.29, 1.82) is 0 Å². The first-order valence-electron chi connectivity index (χ1n) is 5.10. The second kappa shape index (κ2) is 5.27. The molecule has 6 nitrogen and oxygen atoms in total. The Kier molecular flexibility index (Phi) is 4.26. The maximum atomic E-state index is 10.8. The van der Waals surface area contributed by atoms with Gasteiger partial charge in [0.15, 0.2) is 0 Å². The highest BCUT2D eigenvalue weighted by molar-refractivity contribution is 5.67. The Morgan fingerprint density at radius 1 is 0.938 bits per heavy atom. The molecule has 0 bridgehead atoms. The molecule has 1 fully saturated rings. The normalized spacial score (nSPS) is 34.2. The fraction of sp³-hybridized carbons (Fsp3) is 0.800. The molecule has 2 N–H and O–H groups in total. The maximum Gasteiger partial charge on any atom is 0.303 e. The van der Waals surface area contributed by atoms with Crippen LogP contribution in [0.1, 0.15) is 26.7 Å². The molecule has 0 amide bonds. The van der Waals surface area contributed by atoms with Crippen LogP contribution in [-0.2, 0) is 19.1 Å². The monoisotopic (exact) mass is 232 g/mol. The number of carbonyl (C=O) groups excluding carboxylic acids is 2. The van der Waals surface area contributed by atoms with Crippen LogP contribution in [0.5, 0.6) is 0 Å². The summed E-state index contributed by atoms with van der Waals surface area (Å²) < 4.78 is 9.87. The Bertz CT molecular complexity index is 248. The van der Waals surface area contributed by atoms with Gasteiger partial charge in [-0.3, -0.25) is 9.59 Å². The van der Waals surface area contributed by atoms with Gasteiger partial charge < -0.3 is 19.7 Å². The highest BCUT2D eigenvalue weighted by Crippen LogP contribution is 2.25. The predicted octanol–water partition coefficient (Wildman–Crippen LogP) is -0.635. The van der Waals surface area contributed by atoms with Crippen LogP contribution >= 0.6 is 0 Å². The van der Waals surface area contributed by atoms with E-state index in [0.29, 0.717) is 0 Å². The van der Waals surface area contributed by atoms with Gasteiger partial charge in [0.05, 0.1) is 12.2 Å². The fourth-order valence-electron chi connectivity index (χ4n) is 1.77. The summed E-state index contributed by atoms with van der Waals surface area (Å²) in [4.78, 5) is 21.6. The summed E-state index contributed by atoms with van der Waals surface area (Å²) in [6, 6.07) is 0. The number of aliphatic hydroxyl groups is 2. The molecule has 0 spiro atoms. The molecule has 16 heavy (non-hydrogen) atoms. The molecule has 0 radical (unpaired) electrons. The molecular weight excluding hydrogens is 216 g/mol. The smallest absolute Gasteiger partial charge is 0.303 e.